The summed E-state index contributed by atoms with van der Waals surface area (Å²) in [5.41, 5.74) is 2.95. The second-order valence-corrected chi connectivity index (χ2v) is 5.44. The summed E-state index contributed by atoms with van der Waals surface area (Å²) >= 11 is 12.3. The molecule has 0 saturated carbocycles. The zero-order chi connectivity index (χ0) is 14.0. The standard InChI is InChI=1S/C14H19Cl2N3/c1-4-8-19(9-5-2)11-7-6-10(15)12-13(11)18(3)14(16)17-12/h6-7H,4-5,8-9H2,1-3H3. The predicted octanol–water partition coefficient (Wildman–Crippen LogP) is 4.51. The molecular weight excluding hydrogens is 281 g/mol. The highest BCUT2D eigenvalue weighted by molar-refractivity contribution is 6.36. The Labute approximate surface area is 124 Å². The summed E-state index contributed by atoms with van der Waals surface area (Å²) in [7, 11) is 1.92. The minimum Gasteiger partial charge on any atom is -0.370 e. The number of hydrogen-bond acceptors (Lipinski definition) is 2. The van der Waals surface area contributed by atoms with Crippen LogP contribution in [0.4, 0.5) is 5.69 Å². The van der Waals surface area contributed by atoms with Crippen molar-refractivity contribution < 1.29 is 0 Å². The Morgan fingerprint density at radius 1 is 1.16 bits per heavy atom. The number of aryl methyl sites for hydroxylation is 1. The van der Waals surface area contributed by atoms with Crippen molar-refractivity contribution in [3.8, 4) is 0 Å². The van der Waals surface area contributed by atoms with Gasteiger partial charge < -0.3 is 9.47 Å². The van der Waals surface area contributed by atoms with Crippen molar-refractivity contribution in [2.45, 2.75) is 26.7 Å². The lowest BCUT2D eigenvalue weighted by atomic mass is 10.2. The average molecular weight is 300 g/mol. The third-order valence-corrected chi connectivity index (χ3v) is 3.87. The van der Waals surface area contributed by atoms with Crippen LogP contribution < -0.4 is 4.90 Å². The van der Waals surface area contributed by atoms with Crippen LogP contribution in [-0.2, 0) is 7.05 Å². The number of halogens is 2. The molecule has 1 aromatic heterocycles. The SMILES string of the molecule is CCCN(CCC)c1ccc(Cl)c2nc(Cl)n(C)c12. The van der Waals surface area contributed by atoms with Gasteiger partial charge in [-0.1, -0.05) is 25.4 Å². The largest absolute Gasteiger partial charge is 0.370 e. The number of nitrogens with zero attached hydrogens (tertiary/aromatic N) is 3. The van der Waals surface area contributed by atoms with E-state index in [4.69, 9.17) is 23.2 Å². The number of imidazole rings is 1. The van der Waals surface area contributed by atoms with Crippen molar-refractivity contribution in [3.63, 3.8) is 0 Å². The summed E-state index contributed by atoms with van der Waals surface area (Å²) in [6.45, 7) is 6.42. The van der Waals surface area contributed by atoms with Crippen molar-refractivity contribution in [3.05, 3.63) is 22.4 Å². The van der Waals surface area contributed by atoms with Gasteiger partial charge in [-0.25, -0.2) is 4.98 Å². The maximum atomic E-state index is 6.22. The number of benzene rings is 1. The first kappa shape index (κ1) is 14.5. The van der Waals surface area contributed by atoms with Gasteiger partial charge in [0, 0.05) is 20.1 Å². The summed E-state index contributed by atoms with van der Waals surface area (Å²) in [4.78, 5) is 6.72. The Hall–Kier alpha value is -0.930. The van der Waals surface area contributed by atoms with Gasteiger partial charge in [-0.3, -0.25) is 0 Å². The summed E-state index contributed by atoms with van der Waals surface area (Å²) in [6, 6.07) is 3.97. The molecule has 104 valence electrons. The van der Waals surface area contributed by atoms with E-state index < -0.39 is 0 Å². The monoisotopic (exact) mass is 299 g/mol. The fourth-order valence-corrected chi connectivity index (χ4v) is 2.75. The Morgan fingerprint density at radius 3 is 2.37 bits per heavy atom. The van der Waals surface area contributed by atoms with E-state index in [1.807, 2.05) is 17.7 Å². The van der Waals surface area contributed by atoms with Gasteiger partial charge in [-0.15, -0.1) is 0 Å². The number of rotatable bonds is 5. The average Bonchev–Trinajstić information content (AvgIpc) is 2.68. The van der Waals surface area contributed by atoms with Crippen LogP contribution in [0, 0.1) is 0 Å². The molecule has 0 aliphatic rings. The highest BCUT2D eigenvalue weighted by atomic mass is 35.5. The lowest BCUT2D eigenvalue weighted by molar-refractivity contribution is 0.745. The van der Waals surface area contributed by atoms with E-state index in [0.29, 0.717) is 10.3 Å². The van der Waals surface area contributed by atoms with Gasteiger partial charge >= 0.3 is 0 Å². The molecule has 0 unspecified atom stereocenters. The highest BCUT2D eigenvalue weighted by Gasteiger charge is 2.16. The van der Waals surface area contributed by atoms with Crippen molar-refractivity contribution in [1.82, 2.24) is 9.55 Å². The molecule has 0 spiro atoms. The predicted molar refractivity (Wildman–Crippen MR) is 83.5 cm³/mol. The second-order valence-electron chi connectivity index (χ2n) is 4.69. The topological polar surface area (TPSA) is 21.1 Å². The number of anilines is 1. The molecule has 0 radical (unpaired) electrons. The summed E-state index contributed by atoms with van der Waals surface area (Å²) in [5, 5.41) is 1.12. The molecule has 0 atom stereocenters. The van der Waals surface area contributed by atoms with Gasteiger partial charge in [0.2, 0.25) is 5.28 Å². The lowest BCUT2D eigenvalue weighted by Crippen LogP contribution is -2.25. The van der Waals surface area contributed by atoms with Crippen LogP contribution >= 0.6 is 23.2 Å². The highest BCUT2D eigenvalue weighted by Crippen LogP contribution is 2.33. The van der Waals surface area contributed by atoms with Gasteiger partial charge in [0.05, 0.1) is 16.2 Å². The minimum atomic E-state index is 0.470. The van der Waals surface area contributed by atoms with Crippen molar-refractivity contribution in [2.75, 3.05) is 18.0 Å². The number of hydrogen-bond donors (Lipinski definition) is 0. The fraction of sp³-hybridized carbons (Fsp3) is 0.500. The quantitative estimate of drug-likeness (QED) is 0.810. The van der Waals surface area contributed by atoms with Crippen LogP contribution in [0.2, 0.25) is 10.3 Å². The van der Waals surface area contributed by atoms with Crippen molar-refractivity contribution in [1.29, 1.82) is 0 Å². The van der Waals surface area contributed by atoms with E-state index in [1.54, 1.807) is 0 Å². The van der Waals surface area contributed by atoms with Gasteiger partial charge in [0.1, 0.15) is 5.52 Å². The first-order valence-corrected chi connectivity index (χ1v) is 7.41. The fourth-order valence-electron chi connectivity index (χ4n) is 2.39. The molecule has 0 bridgehead atoms. The molecule has 3 nitrogen and oxygen atoms in total. The molecule has 0 N–H and O–H groups in total. The first-order chi connectivity index (χ1) is 9.10. The molecule has 0 aliphatic heterocycles. The minimum absolute atomic E-state index is 0.470. The number of fused-ring (bicyclic) bond motifs is 1. The van der Waals surface area contributed by atoms with Crippen LogP contribution in [0.5, 0.6) is 0 Å². The Bertz CT molecular complexity index is 572. The van der Waals surface area contributed by atoms with Crippen LogP contribution in [0.25, 0.3) is 11.0 Å². The summed E-state index contributed by atoms with van der Waals surface area (Å²) in [5.74, 6) is 0. The zero-order valence-electron chi connectivity index (χ0n) is 11.6. The summed E-state index contributed by atoms with van der Waals surface area (Å²) < 4.78 is 1.90. The van der Waals surface area contributed by atoms with E-state index >= 15 is 0 Å². The zero-order valence-corrected chi connectivity index (χ0v) is 13.1. The first-order valence-electron chi connectivity index (χ1n) is 6.65. The number of aromatic nitrogens is 2. The van der Waals surface area contributed by atoms with Gasteiger partial charge in [-0.2, -0.15) is 0 Å². The molecule has 0 aliphatic carbocycles. The molecule has 1 aromatic carbocycles. The van der Waals surface area contributed by atoms with Crippen LogP contribution in [0.1, 0.15) is 26.7 Å². The molecule has 2 rings (SSSR count). The van der Waals surface area contributed by atoms with Gasteiger partial charge in [-0.05, 0) is 36.6 Å². The molecule has 19 heavy (non-hydrogen) atoms. The van der Waals surface area contributed by atoms with E-state index in [1.165, 1.54) is 0 Å². The van der Waals surface area contributed by atoms with E-state index in [-0.39, 0.29) is 0 Å². The van der Waals surface area contributed by atoms with E-state index in [9.17, 15) is 0 Å². The smallest absolute Gasteiger partial charge is 0.203 e. The Kier molecular flexibility index (Phi) is 4.58. The van der Waals surface area contributed by atoms with E-state index in [2.05, 4.69) is 29.8 Å². The Balaban J connectivity index is 2.62. The summed E-state index contributed by atoms with van der Waals surface area (Å²) in [6.07, 6.45) is 2.21. The third-order valence-electron chi connectivity index (χ3n) is 3.22. The molecule has 0 amide bonds. The molecule has 0 saturated heterocycles. The van der Waals surface area contributed by atoms with Crippen molar-refractivity contribution in [2.24, 2.45) is 7.05 Å². The van der Waals surface area contributed by atoms with E-state index in [0.717, 1.165) is 42.7 Å². The normalized spacial score (nSPS) is 11.2. The molecule has 0 fully saturated rings. The molecular formula is C14H19Cl2N3. The second kappa shape index (κ2) is 6.02. The lowest BCUT2D eigenvalue weighted by Gasteiger charge is -2.25. The van der Waals surface area contributed by atoms with Gasteiger partial charge in [0.25, 0.3) is 0 Å². The molecule has 2 aromatic rings. The van der Waals surface area contributed by atoms with Gasteiger partial charge in [0.15, 0.2) is 0 Å². The van der Waals surface area contributed by atoms with Crippen molar-refractivity contribution >= 4 is 39.9 Å². The van der Waals surface area contributed by atoms with Crippen LogP contribution in [0.15, 0.2) is 12.1 Å². The molecule has 1 heterocycles. The Morgan fingerprint density at radius 2 is 1.79 bits per heavy atom. The van der Waals surface area contributed by atoms with Crippen LogP contribution in [-0.4, -0.2) is 22.6 Å². The van der Waals surface area contributed by atoms with Crippen LogP contribution in [0.3, 0.4) is 0 Å². The molecule has 5 heteroatoms. The maximum absolute atomic E-state index is 6.22. The maximum Gasteiger partial charge on any atom is 0.203 e. The third kappa shape index (κ3) is 2.67.